The number of benzene rings is 1. The van der Waals surface area contributed by atoms with Crippen molar-refractivity contribution < 1.29 is 4.79 Å². The highest BCUT2D eigenvalue weighted by atomic mass is 16.1. The Labute approximate surface area is 107 Å². The van der Waals surface area contributed by atoms with E-state index < -0.39 is 0 Å². The number of aryl methyl sites for hydroxylation is 1. The van der Waals surface area contributed by atoms with Gasteiger partial charge in [-0.2, -0.15) is 0 Å². The molecule has 18 heavy (non-hydrogen) atoms. The number of hydrogen-bond donors (Lipinski definition) is 1. The van der Waals surface area contributed by atoms with Crippen molar-refractivity contribution in [3.05, 3.63) is 59.3 Å². The number of nitrogens with two attached hydrogens (primary N) is 1. The molecule has 0 radical (unpaired) electrons. The average molecular weight is 240 g/mol. The summed E-state index contributed by atoms with van der Waals surface area (Å²) in [5.41, 5.74) is 8.74. The zero-order valence-electron chi connectivity index (χ0n) is 10.4. The van der Waals surface area contributed by atoms with Crippen LogP contribution in [0.4, 0.5) is 5.82 Å². The number of rotatable bonds is 4. The molecule has 1 heterocycles. The van der Waals surface area contributed by atoms with E-state index in [9.17, 15) is 4.79 Å². The number of nitrogens with zero attached hydrogens (tertiary/aromatic N) is 1. The summed E-state index contributed by atoms with van der Waals surface area (Å²) in [6.45, 7) is 2.02. The fourth-order valence-electron chi connectivity index (χ4n) is 1.92. The molecule has 92 valence electrons. The minimum absolute atomic E-state index is 0.153. The lowest BCUT2D eigenvalue weighted by molar-refractivity contribution is -0.117. The van der Waals surface area contributed by atoms with Gasteiger partial charge in [-0.25, -0.2) is 4.98 Å². The Kier molecular flexibility index (Phi) is 3.72. The summed E-state index contributed by atoms with van der Waals surface area (Å²) in [6.07, 6.45) is 2.41. The Morgan fingerprint density at radius 2 is 2.06 bits per heavy atom. The number of hydrogen-bond acceptors (Lipinski definition) is 3. The first-order valence-corrected chi connectivity index (χ1v) is 5.92. The summed E-state index contributed by atoms with van der Waals surface area (Å²) in [5, 5.41) is 0. The van der Waals surface area contributed by atoms with Crippen molar-refractivity contribution in [2.24, 2.45) is 0 Å². The lowest BCUT2D eigenvalue weighted by atomic mass is 10.0. The Bertz CT molecular complexity index is 564. The van der Waals surface area contributed by atoms with E-state index in [1.807, 2.05) is 37.3 Å². The van der Waals surface area contributed by atoms with Crippen LogP contribution in [-0.4, -0.2) is 10.8 Å². The summed E-state index contributed by atoms with van der Waals surface area (Å²) >= 11 is 0. The Balaban J connectivity index is 2.03. The molecule has 2 aromatic rings. The summed E-state index contributed by atoms with van der Waals surface area (Å²) in [5.74, 6) is 0.593. The normalized spacial score (nSPS) is 10.3. The molecule has 0 aliphatic rings. The van der Waals surface area contributed by atoms with Crippen molar-refractivity contribution in [2.45, 2.75) is 19.8 Å². The standard InChI is InChI=1S/C15H16N2O/c1-11-4-2-5-12(8-11)9-14(18)10-13-6-3-7-17-15(13)16/h2-8H,9-10H2,1H3,(H2,16,17). The first-order valence-electron chi connectivity index (χ1n) is 5.92. The Hall–Kier alpha value is -2.16. The SMILES string of the molecule is Cc1cccc(CC(=O)Cc2cccnc2N)c1. The predicted octanol–water partition coefficient (Wildman–Crippen LogP) is 2.33. The van der Waals surface area contributed by atoms with Crippen LogP contribution in [-0.2, 0) is 17.6 Å². The molecule has 0 bridgehead atoms. The number of nitrogen functional groups attached to an aromatic ring is 1. The molecule has 3 nitrogen and oxygen atoms in total. The third-order valence-electron chi connectivity index (χ3n) is 2.80. The molecule has 0 aliphatic heterocycles. The molecule has 0 saturated heterocycles. The van der Waals surface area contributed by atoms with Gasteiger partial charge in [0.15, 0.2) is 0 Å². The van der Waals surface area contributed by atoms with E-state index in [-0.39, 0.29) is 5.78 Å². The van der Waals surface area contributed by atoms with E-state index in [1.54, 1.807) is 12.3 Å². The molecule has 3 heteroatoms. The van der Waals surface area contributed by atoms with Gasteiger partial charge in [-0.1, -0.05) is 35.9 Å². The smallest absolute Gasteiger partial charge is 0.141 e. The number of aromatic nitrogens is 1. The van der Waals surface area contributed by atoms with Gasteiger partial charge >= 0.3 is 0 Å². The molecular formula is C15H16N2O. The molecule has 1 aromatic carbocycles. The van der Waals surface area contributed by atoms with Crippen LogP contribution in [0.15, 0.2) is 42.6 Å². The lowest BCUT2D eigenvalue weighted by Crippen LogP contribution is -2.09. The van der Waals surface area contributed by atoms with Gasteiger partial charge in [-0.3, -0.25) is 4.79 Å². The maximum atomic E-state index is 12.0. The van der Waals surface area contributed by atoms with Crippen molar-refractivity contribution in [1.29, 1.82) is 0 Å². The van der Waals surface area contributed by atoms with Gasteiger partial charge in [0, 0.05) is 24.6 Å². The van der Waals surface area contributed by atoms with Crippen LogP contribution >= 0.6 is 0 Å². The number of ketones is 1. The van der Waals surface area contributed by atoms with E-state index in [4.69, 9.17) is 5.73 Å². The third kappa shape index (κ3) is 3.17. The van der Waals surface area contributed by atoms with Gasteiger partial charge in [0.1, 0.15) is 11.6 Å². The first kappa shape index (κ1) is 12.3. The molecule has 0 amide bonds. The third-order valence-corrected chi connectivity index (χ3v) is 2.80. The van der Waals surface area contributed by atoms with Crippen LogP contribution in [0.1, 0.15) is 16.7 Å². The predicted molar refractivity (Wildman–Crippen MR) is 72.2 cm³/mol. The van der Waals surface area contributed by atoms with Crippen LogP contribution in [0.25, 0.3) is 0 Å². The highest BCUT2D eigenvalue weighted by molar-refractivity contribution is 5.84. The minimum Gasteiger partial charge on any atom is -0.383 e. The molecule has 0 fully saturated rings. The van der Waals surface area contributed by atoms with Crippen LogP contribution in [0.3, 0.4) is 0 Å². The van der Waals surface area contributed by atoms with E-state index in [0.717, 1.165) is 11.1 Å². The minimum atomic E-state index is 0.153. The van der Waals surface area contributed by atoms with Gasteiger partial charge < -0.3 is 5.73 Å². The van der Waals surface area contributed by atoms with E-state index in [2.05, 4.69) is 4.98 Å². The average Bonchev–Trinajstić information content (AvgIpc) is 2.32. The van der Waals surface area contributed by atoms with Gasteiger partial charge in [0.25, 0.3) is 0 Å². The van der Waals surface area contributed by atoms with Gasteiger partial charge in [-0.05, 0) is 18.6 Å². The monoisotopic (exact) mass is 240 g/mol. The fourth-order valence-corrected chi connectivity index (χ4v) is 1.92. The quantitative estimate of drug-likeness (QED) is 0.892. The fraction of sp³-hybridized carbons (Fsp3) is 0.200. The van der Waals surface area contributed by atoms with Crippen molar-refractivity contribution in [1.82, 2.24) is 4.98 Å². The Morgan fingerprint density at radius 1 is 1.22 bits per heavy atom. The first-order chi connectivity index (χ1) is 8.65. The van der Waals surface area contributed by atoms with Crippen LogP contribution in [0, 0.1) is 6.92 Å². The molecule has 0 saturated carbocycles. The number of carbonyl (C=O) groups excluding carboxylic acids is 1. The molecule has 0 unspecified atom stereocenters. The molecule has 2 N–H and O–H groups in total. The van der Waals surface area contributed by atoms with E-state index >= 15 is 0 Å². The molecule has 1 aromatic heterocycles. The van der Waals surface area contributed by atoms with E-state index in [0.29, 0.717) is 18.7 Å². The van der Waals surface area contributed by atoms with Crippen molar-refractivity contribution in [2.75, 3.05) is 5.73 Å². The van der Waals surface area contributed by atoms with Crippen molar-refractivity contribution in [3.63, 3.8) is 0 Å². The molecule has 0 aliphatic carbocycles. The number of carbonyl (C=O) groups is 1. The lowest BCUT2D eigenvalue weighted by Gasteiger charge is -2.04. The second-order valence-corrected chi connectivity index (χ2v) is 4.43. The zero-order valence-corrected chi connectivity index (χ0v) is 10.4. The second kappa shape index (κ2) is 5.45. The van der Waals surface area contributed by atoms with Crippen molar-refractivity contribution >= 4 is 11.6 Å². The zero-order chi connectivity index (χ0) is 13.0. The van der Waals surface area contributed by atoms with Crippen LogP contribution in [0.2, 0.25) is 0 Å². The summed E-state index contributed by atoms with van der Waals surface area (Å²) in [7, 11) is 0. The maximum Gasteiger partial charge on any atom is 0.141 e. The van der Waals surface area contributed by atoms with Crippen LogP contribution in [0.5, 0.6) is 0 Å². The summed E-state index contributed by atoms with van der Waals surface area (Å²) < 4.78 is 0. The number of Topliss-reactive ketones (excluding diaryl/α,β-unsaturated/α-hetero) is 1. The highest BCUT2D eigenvalue weighted by Gasteiger charge is 2.08. The molecule has 2 rings (SSSR count). The Morgan fingerprint density at radius 3 is 2.78 bits per heavy atom. The van der Waals surface area contributed by atoms with Crippen LogP contribution < -0.4 is 5.73 Å². The molecular weight excluding hydrogens is 224 g/mol. The van der Waals surface area contributed by atoms with Crippen molar-refractivity contribution in [3.8, 4) is 0 Å². The number of anilines is 1. The van der Waals surface area contributed by atoms with Gasteiger partial charge in [-0.15, -0.1) is 0 Å². The van der Waals surface area contributed by atoms with E-state index in [1.165, 1.54) is 5.56 Å². The molecule has 0 atom stereocenters. The number of pyridine rings is 1. The van der Waals surface area contributed by atoms with Gasteiger partial charge in [0.2, 0.25) is 0 Å². The maximum absolute atomic E-state index is 12.0. The summed E-state index contributed by atoms with van der Waals surface area (Å²) in [4.78, 5) is 15.9. The summed E-state index contributed by atoms with van der Waals surface area (Å²) in [6, 6.07) is 11.6. The largest absolute Gasteiger partial charge is 0.383 e. The van der Waals surface area contributed by atoms with Gasteiger partial charge in [0.05, 0.1) is 0 Å². The molecule has 0 spiro atoms. The highest BCUT2D eigenvalue weighted by Crippen LogP contribution is 2.11. The second-order valence-electron chi connectivity index (χ2n) is 4.43. The topological polar surface area (TPSA) is 56.0 Å².